The number of hydrogen-bond donors (Lipinski definition) is 0. The summed E-state index contributed by atoms with van der Waals surface area (Å²) in [5.74, 6) is -2.91. The molecule has 0 aromatic heterocycles. The van der Waals surface area contributed by atoms with E-state index in [0.717, 1.165) is 6.07 Å². The van der Waals surface area contributed by atoms with Crippen LogP contribution in [-0.2, 0) is 9.53 Å². The highest BCUT2D eigenvalue weighted by Gasteiger charge is 2.30. The Bertz CT molecular complexity index is 456. The molecule has 1 aromatic carbocycles. The third-order valence-electron chi connectivity index (χ3n) is 2.65. The average Bonchev–Trinajstić information content (AvgIpc) is 2.38. The van der Waals surface area contributed by atoms with Gasteiger partial charge < -0.3 is 9.47 Å². The van der Waals surface area contributed by atoms with E-state index in [-0.39, 0.29) is 17.7 Å². The molecule has 1 atom stereocenters. The number of esters is 1. The van der Waals surface area contributed by atoms with E-state index in [0.29, 0.717) is 0 Å². The minimum absolute atomic E-state index is 0.113. The van der Waals surface area contributed by atoms with Gasteiger partial charge >= 0.3 is 5.97 Å². The summed E-state index contributed by atoms with van der Waals surface area (Å²) in [6.07, 6.45) is 0.239. The van der Waals surface area contributed by atoms with Gasteiger partial charge in [0.15, 0.2) is 5.78 Å². The molecule has 98 valence electrons. The van der Waals surface area contributed by atoms with Crippen LogP contribution < -0.4 is 4.74 Å². The SMILES string of the molecule is CCC(C(=O)OC)C(=O)c1c(F)cccc1OC. The van der Waals surface area contributed by atoms with Gasteiger partial charge in [-0.1, -0.05) is 13.0 Å². The summed E-state index contributed by atoms with van der Waals surface area (Å²) >= 11 is 0. The van der Waals surface area contributed by atoms with Gasteiger partial charge in [0.05, 0.1) is 19.8 Å². The standard InChI is InChI=1S/C13H15FO4/c1-4-8(13(16)18-3)12(15)11-9(14)6-5-7-10(11)17-2/h5-8H,4H2,1-3H3. The number of hydrogen-bond acceptors (Lipinski definition) is 4. The van der Waals surface area contributed by atoms with Crippen LogP contribution in [0.3, 0.4) is 0 Å². The van der Waals surface area contributed by atoms with Gasteiger partial charge in [-0.05, 0) is 18.6 Å². The lowest BCUT2D eigenvalue weighted by Crippen LogP contribution is -2.26. The molecule has 0 fully saturated rings. The Hall–Kier alpha value is -1.91. The highest BCUT2D eigenvalue weighted by atomic mass is 19.1. The minimum Gasteiger partial charge on any atom is -0.496 e. The van der Waals surface area contributed by atoms with Gasteiger partial charge in [0, 0.05) is 0 Å². The van der Waals surface area contributed by atoms with Crippen LogP contribution in [0.2, 0.25) is 0 Å². The summed E-state index contributed by atoms with van der Waals surface area (Å²) in [6, 6.07) is 4.06. The molecule has 0 radical (unpaired) electrons. The second kappa shape index (κ2) is 6.14. The number of ketones is 1. The Morgan fingerprint density at radius 3 is 2.50 bits per heavy atom. The van der Waals surface area contributed by atoms with Gasteiger partial charge in [-0.3, -0.25) is 9.59 Å². The van der Waals surface area contributed by atoms with E-state index in [2.05, 4.69) is 4.74 Å². The van der Waals surface area contributed by atoms with Crippen molar-refractivity contribution >= 4 is 11.8 Å². The Kier molecular flexibility index (Phi) is 4.83. The fraction of sp³-hybridized carbons (Fsp3) is 0.385. The molecule has 0 aliphatic carbocycles. The fourth-order valence-corrected chi connectivity index (χ4v) is 1.69. The van der Waals surface area contributed by atoms with E-state index in [4.69, 9.17) is 4.74 Å². The Morgan fingerprint density at radius 2 is 2.00 bits per heavy atom. The lowest BCUT2D eigenvalue weighted by atomic mass is 9.94. The van der Waals surface area contributed by atoms with Crippen molar-refractivity contribution in [2.75, 3.05) is 14.2 Å². The summed E-state index contributed by atoms with van der Waals surface area (Å²) in [5.41, 5.74) is -0.211. The quantitative estimate of drug-likeness (QED) is 0.459. The monoisotopic (exact) mass is 254 g/mol. The topological polar surface area (TPSA) is 52.6 Å². The van der Waals surface area contributed by atoms with Gasteiger partial charge in [-0.2, -0.15) is 0 Å². The molecule has 4 nitrogen and oxygen atoms in total. The molecule has 1 aromatic rings. The predicted molar refractivity (Wildman–Crippen MR) is 63.1 cm³/mol. The maximum Gasteiger partial charge on any atom is 0.316 e. The normalized spacial score (nSPS) is 11.8. The number of carbonyl (C=O) groups is 2. The zero-order chi connectivity index (χ0) is 13.7. The molecule has 0 N–H and O–H groups in total. The van der Waals surface area contributed by atoms with Gasteiger partial charge in [0.25, 0.3) is 0 Å². The maximum absolute atomic E-state index is 13.7. The second-order valence-electron chi connectivity index (χ2n) is 3.67. The van der Waals surface area contributed by atoms with Crippen molar-refractivity contribution in [3.8, 4) is 5.75 Å². The number of ether oxygens (including phenoxy) is 2. The molecule has 0 amide bonds. The van der Waals surface area contributed by atoms with Crippen molar-refractivity contribution in [2.24, 2.45) is 5.92 Å². The van der Waals surface area contributed by atoms with Crippen molar-refractivity contribution in [3.05, 3.63) is 29.6 Å². The van der Waals surface area contributed by atoms with Gasteiger partial charge in [0.2, 0.25) is 0 Å². The van der Waals surface area contributed by atoms with Gasteiger partial charge in [-0.25, -0.2) is 4.39 Å². The van der Waals surface area contributed by atoms with Crippen LogP contribution in [-0.4, -0.2) is 26.0 Å². The number of benzene rings is 1. The maximum atomic E-state index is 13.7. The molecule has 0 saturated carbocycles. The zero-order valence-corrected chi connectivity index (χ0v) is 10.5. The first-order valence-electron chi connectivity index (χ1n) is 5.51. The van der Waals surface area contributed by atoms with E-state index in [1.807, 2.05) is 0 Å². The number of Topliss-reactive ketones (excluding diaryl/α,β-unsaturated/α-hetero) is 1. The van der Waals surface area contributed by atoms with Crippen LogP contribution in [0.25, 0.3) is 0 Å². The van der Waals surface area contributed by atoms with Crippen molar-refractivity contribution in [1.82, 2.24) is 0 Å². The van der Waals surface area contributed by atoms with E-state index < -0.39 is 23.5 Å². The molecule has 1 rings (SSSR count). The van der Waals surface area contributed by atoms with Crippen molar-refractivity contribution in [3.63, 3.8) is 0 Å². The number of halogens is 1. The highest BCUT2D eigenvalue weighted by Crippen LogP contribution is 2.25. The first-order chi connectivity index (χ1) is 8.56. The molecule has 0 aliphatic rings. The van der Waals surface area contributed by atoms with Crippen LogP contribution in [0.4, 0.5) is 4.39 Å². The molecular weight excluding hydrogens is 239 g/mol. The Labute approximate surface area is 105 Å². The minimum atomic E-state index is -1.01. The third-order valence-corrected chi connectivity index (χ3v) is 2.65. The van der Waals surface area contributed by atoms with Crippen molar-refractivity contribution in [1.29, 1.82) is 0 Å². The summed E-state index contributed by atoms with van der Waals surface area (Å²) in [4.78, 5) is 23.6. The van der Waals surface area contributed by atoms with E-state index >= 15 is 0 Å². The number of methoxy groups -OCH3 is 2. The molecule has 0 aliphatic heterocycles. The molecule has 0 saturated heterocycles. The molecule has 18 heavy (non-hydrogen) atoms. The first-order valence-corrected chi connectivity index (χ1v) is 5.51. The van der Waals surface area contributed by atoms with Crippen LogP contribution in [0, 0.1) is 11.7 Å². The molecule has 1 unspecified atom stereocenters. The second-order valence-corrected chi connectivity index (χ2v) is 3.67. The number of rotatable bonds is 5. The fourth-order valence-electron chi connectivity index (χ4n) is 1.69. The highest BCUT2D eigenvalue weighted by molar-refractivity contribution is 6.10. The third kappa shape index (κ3) is 2.67. The molecule has 5 heteroatoms. The summed E-state index contributed by atoms with van der Waals surface area (Å²) in [5, 5.41) is 0. The first kappa shape index (κ1) is 14.2. The van der Waals surface area contributed by atoms with E-state index in [1.165, 1.54) is 26.4 Å². The van der Waals surface area contributed by atoms with Crippen molar-refractivity contribution < 1.29 is 23.5 Å². The largest absolute Gasteiger partial charge is 0.496 e. The molecule has 0 bridgehead atoms. The zero-order valence-electron chi connectivity index (χ0n) is 10.5. The van der Waals surface area contributed by atoms with Crippen LogP contribution in [0.1, 0.15) is 23.7 Å². The predicted octanol–water partition coefficient (Wildman–Crippen LogP) is 2.22. The summed E-state index contributed by atoms with van der Waals surface area (Å²) in [7, 11) is 2.53. The molecule has 0 heterocycles. The molecule has 0 spiro atoms. The lowest BCUT2D eigenvalue weighted by Gasteiger charge is -2.14. The van der Waals surface area contributed by atoms with Crippen LogP contribution in [0.15, 0.2) is 18.2 Å². The summed E-state index contributed by atoms with van der Waals surface area (Å²) in [6.45, 7) is 1.66. The van der Waals surface area contributed by atoms with Gasteiger partial charge in [-0.15, -0.1) is 0 Å². The Balaban J connectivity index is 3.20. The summed E-state index contributed by atoms with van der Waals surface area (Å²) < 4.78 is 23.2. The van der Waals surface area contributed by atoms with Crippen LogP contribution in [0.5, 0.6) is 5.75 Å². The van der Waals surface area contributed by atoms with Crippen molar-refractivity contribution in [2.45, 2.75) is 13.3 Å². The van der Waals surface area contributed by atoms with E-state index in [9.17, 15) is 14.0 Å². The van der Waals surface area contributed by atoms with Crippen LogP contribution >= 0.6 is 0 Å². The van der Waals surface area contributed by atoms with Gasteiger partial charge in [0.1, 0.15) is 17.5 Å². The smallest absolute Gasteiger partial charge is 0.316 e. The lowest BCUT2D eigenvalue weighted by molar-refractivity contribution is -0.143. The van der Waals surface area contributed by atoms with E-state index in [1.54, 1.807) is 6.92 Å². The molecular formula is C13H15FO4. The Morgan fingerprint density at radius 1 is 1.33 bits per heavy atom. The number of carbonyl (C=O) groups excluding carboxylic acids is 2. The average molecular weight is 254 g/mol.